The third-order valence-corrected chi connectivity index (χ3v) is 5.34. The van der Waals surface area contributed by atoms with E-state index in [0.29, 0.717) is 18.1 Å². The molecular formula is C24H34FN5O2. The molecule has 2 aromatic rings. The molecule has 8 heteroatoms. The van der Waals surface area contributed by atoms with Crippen LogP contribution in [-0.2, 0) is 6.42 Å². The highest BCUT2D eigenvalue weighted by Crippen LogP contribution is 2.11. The Morgan fingerprint density at radius 3 is 2.62 bits per heavy atom. The first-order chi connectivity index (χ1) is 15.3. The first-order valence-electron chi connectivity index (χ1n) is 10.9. The minimum absolute atomic E-state index is 0.232. The summed E-state index contributed by atoms with van der Waals surface area (Å²) in [7, 11) is 1.60. The van der Waals surface area contributed by atoms with Gasteiger partial charge in [0.2, 0.25) is 0 Å². The molecule has 0 radical (unpaired) electrons. The van der Waals surface area contributed by atoms with E-state index in [1.807, 2.05) is 13.0 Å². The van der Waals surface area contributed by atoms with Crippen molar-refractivity contribution in [2.45, 2.75) is 38.8 Å². The molecule has 0 heterocycles. The topological polar surface area (TPSA) is 103 Å². The van der Waals surface area contributed by atoms with Crippen LogP contribution in [0.2, 0.25) is 0 Å². The molecule has 0 bridgehead atoms. The van der Waals surface area contributed by atoms with Gasteiger partial charge >= 0.3 is 6.03 Å². The number of carbonyl (C=O) groups excluding carboxylic acids is 1. The Bertz CT molecular complexity index is 888. The molecule has 32 heavy (non-hydrogen) atoms. The highest BCUT2D eigenvalue weighted by molar-refractivity contribution is 5.99. The van der Waals surface area contributed by atoms with Gasteiger partial charge in [0.05, 0.1) is 12.1 Å². The maximum Gasteiger partial charge on any atom is 0.319 e. The summed E-state index contributed by atoms with van der Waals surface area (Å²) in [6.07, 6.45) is 1.02. The molecule has 0 aliphatic carbocycles. The molecule has 2 atom stereocenters. The van der Waals surface area contributed by atoms with Gasteiger partial charge in [0, 0.05) is 24.8 Å². The average Bonchev–Trinajstić information content (AvgIpc) is 2.79. The SMILES string of the molecule is CCN(CCCc1ccc(F)cc1)C[C@H](O)[C@@H](C)NC(=O)Nc1cccc(C(N)=NC)c1. The number of aliphatic imine (C=N–C) groups is 1. The molecule has 0 saturated heterocycles. The van der Waals surface area contributed by atoms with Crippen molar-refractivity contribution in [2.24, 2.45) is 10.7 Å². The largest absolute Gasteiger partial charge is 0.390 e. The summed E-state index contributed by atoms with van der Waals surface area (Å²) in [4.78, 5) is 18.4. The highest BCUT2D eigenvalue weighted by Gasteiger charge is 2.19. The Morgan fingerprint density at radius 1 is 1.25 bits per heavy atom. The van der Waals surface area contributed by atoms with Crippen LogP contribution in [0, 0.1) is 5.82 Å². The lowest BCUT2D eigenvalue weighted by atomic mass is 10.1. The van der Waals surface area contributed by atoms with Crippen molar-refractivity contribution in [3.05, 3.63) is 65.5 Å². The van der Waals surface area contributed by atoms with Crippen molar-refractivity contribution in [1.82, 2.24) is 10.2 Å². The summed E-state index contributed by atoms with van der Waals surface area (Å²) < 4.78 is 13.0. The number of likely N-dealkylation sites (N-methyl/N-ethyl adjacent to an activating group) is 1. The Balaban J connectivity index is 1.79. The van der Waals surface area contributed by atoms with Gasteiger partial charge in [-0.15, -0.1) is 0 Å². The summed E-state index contributed by atoms with van der Waals surface area (Å²) in [5, 5.41) is 16.1. The summed E-state index contributed by atoms with van der Waals surface area (Å²) in [6, 6.07) is 12.8. The molecule has 0 aromatic heterocycles. The van der Waals surface area contributed by atoms with E-state index in [4.69, 9.17) is 5.73 Å². The molecule has 0 fully saturated rings. The van der Waals surface area contributed by atoms with Gasteiger partial charge < -0.3 is 26.4 Å². The molecule has 0 unspecified atom stereocenters. The van der Waals surface area contributed by atoms with Crippen LogP contribution in [-0.4, -0.2) is 60.7 Å². The first kappa shape index (κ1) is 25.3. The summed E-state index contributed by atoms with van der Waals surface area (Å²) >= 11 is 0. The Hall–Kier alpha value is -2.97. The number of nitrogens with one attached hydrogen (secondary N) is 2. The third-order valence-electron chi connectivity index (χ3n) is 5.34. The fourth-order valence-corrected chi connectivity index (χ4v) is 3.31. The number of urea groups is 1. The van der Waals surface area contributed by atoms with Crippen LogP contribution in [0.5, 0.6) is 0 Å². The number of halogens is 1. The van der Waals surface area contributed by atoms with E-state index in [1.165, 1.54) is 12.1 Å². The zero-order chi connectivity index (χ0) is 23.5. The number of anilines is 1. The third kappa shape index (κ3) is 8.28. The van der Waals surface area contributed by atoms with Crippen LogP contribution in [0.3, 0.4) is 0 Å². The molecule has 0 saturated carbocycles. The van der Waals surface area contributed by atoms with E-state index in [1.54, 1.807) is 44.3 Å². The van der Waals surface area contributed by atoms with Gasteiger partial charge in [-0.05, 0) is 62.7 Å². The second-order valence-electron chi connectivity index (χ2n) is 7.77. The van der Waals surface area contributed by atoms with Gasteiger partial charge in [-0.3, -0.25) is 4.99 Å². The van der Waals surface area contributed by atoms with Crippen molar-refractivity contribution >= 4 is 17.6 Å². The van der Waals surface area contributed by atoms with Gasteiger partial charge in [0.1, 0.15) is 11.7 Å². The number of carbonyl (C=O) groups is 1. The molecule has 0 aliphatic heterocycles. The van der Waals surface area contributed by atoms with E-state index in [-0.39, 0.29) is 5.82 Å². The lowest BCUT2D eigenvalue weighted by Crippen LogP contribution is -2.48. The number of benzene rings is 2. The maximum atomic E-state index is 13.0. The number of aliphatic hydroxyl groups is 1. The summed E-state index contributed by atoms with van der Waals surface area (Å²) in [5.74, 6) is 0.154. The fraction of sp³-hybridized carbons (Fsp3) is 0.417. The minimum atomic E-state index is -0.722. The Morgan fingerprint density at radius 2 is 1.97 bits per heavy atom. The van der Waals surface area contributed by atoms with E-state index >= 15 is 0 Å². The molecule has 2 aromatic carbocycles. The molecule has 0 spiro atoms. The van der Waals surface area contributed by atoms with Crippen molar-refractivity contribution in [2.75, 3.05) is 32.0 Å². The quantitative estimate of drug-likeness (QED) is 0.317. The number of amidine groups is 1. The molecule has 2 rings (SSSR count). The zero-order valence-electron chi connectivity index (χ0n) is 19.0. The molecular weight excluding hydrogens is 409 g/mol. The van der Waals surface area contributed by atoms with Gasteiger partial charge in [0.15, 0.2) is 0 Å². The van der Waals surface area contributed by atoms with Gasteiger partial charge in [-0.2, -0.15) is 0 Å². The van der Waals surface area contributed by atoms with Crippen molar-refractivity contribution in [3.8, 4) is 0 Å². The zero-order valence-corrected chi connectivity index (χ0v) is 19.0. The van der Waals surface area contributed by atoms with Crippen LogP contribution in [0.15, 0.2) is 53.5 Å². The minimum Gasteiger partial charge on any atom is -0.390 e. The monoisotopic (exact) mass is 443 g/mol. The number of hydrogen-bond donors (Lipinski definition) is 4. The van der Waals surface area contributed by atoms with Crippen LogP contribution in [0.1, 0.15) is 31.4 Å². The molecule has 0 aliphatic rings. The number of hydrogen-bond acceptors (Lipinski definition) is 4. The normalized spacial score (nSPS) is 13.6. The number of nitrogens with zero attached hydrogens (tertiary/aromatic N) is 2. The van der Waals surface area contributed by atoms with E-state index in [9.17, 15) is 14.3 Å². The van der Waals surface area contributed by atoms with E-state index < -0.39 is 18.2 Å². The number of rotatable bonds is 11. The van der Waals surface area contributed by atoms with Crippen molar-refractivity contribution in [3.63, 3.8) is 0 Å². The highest BCUT2D eigenvalue weighted by atomic mass is 19.1. The average molecular weight is 444 g/mol. The van der Waals surface area contributed by atoms with E-state index in [2.05, 4.69) is 20.5 Å². The maximum absolute atomic E-state index is 13.0. The second kappa shape index (κ2) is 12.8. The van der Waals surface area contributed by atoms with Crippen molar-refractivity contribution in [1.29, 1.82) is 0 Å². The van der Waals surface area contributed by atoms with Crippen molar-refractivity contribution < 1.29 is 14.3 Å². The number of nitrogens with two attached hydrogens (primary N) is 1. The lowest BCUT2D eigenvalue weighted by molar-refractivity contribution is 0.0891. The number of amides is 2. The predicted molar refractivity (Wildman–Crippen MR) is 128 cm³/mol. The smallest absolute Gasteiger partial charge is 0.319 e. The molecule has 174 valence electrons. The molecule has 2 amide bonds. The summed E-state index contributed by atoms with van der Waals surface area (Å²) in [5.41, 5.74) is 8.21. The first-order valence-corrected chi connectivity index (χ1v) is 10.9. The number of aliphatic hydroxyl groups excluding tert-OH is 1. The predicted octanol–water partition coefficient (Wildman–Crippen LogP) is 2.99. The lowest BCUT2D eigenvalue weighted by Gasteiger charge is -2.27. The fourth-order valence-electron chi connectivity index (χ4n) is 3.31. The van der Waals surface area contributed by atoms with E-state index in [0.717, 1.165) is 37.1 Å². The Kier molecular flexibility index (Phi) is 10.1. The molecule has 5 N–H and O–H groups in total. The van der Waals surface area contributed by atoms with Gasteiger partial charge in [-0.25, -0.2) is 9.18 Å². The summed E-state index contributed by atoms with van der Waals surface area (Å²) in [6.45, 7) is 5.84. The van der Waals surface area contributed by atoms with Crippen LogP contribution in [0.4, 0.5) is 14.9 Å². The van der Waals surface area contributed by atoms with Crippen LogP contribution in [0.25, 0.3) is 0 Å². The van der Waals surface area contributed by atoms with Crippen LogP contribution < -0.4 is 16.4 Å². The van der Waals surface area contributed by atoms with Gasteiger partial charge in [-0.1, -0.05) is 31.2 Å². The standard InChI is InChI=1S/C24H34FN5O2/c1-4-30(14-6-7-18-10-12-20(25)13-11-18)16-22(31)17(2)28-24(32)29-21-9-5-8-19(15-21)23(26)27-3/h5,8-13,15,17,22,31H,4,6-7,14,16H2,1-3H3,(H2,26,27)(H2,28,29,32)/t17-,22+/m1/s1. The number of aryl methyl sites for hydroxylation is 1. The Labute approximate surface area is 189 Å². The van der Waals surface area contributed by atoms with Gasteiger partial charge in [0.25, 0.3) is 0 Å². The molecule has 7 nitrogen and oxygen atoms in total. The van der Waals surface area contributed by atoms with Crippen LogP contribution >= 0.6 is 0 Å². The second-order valence-corrected chi connectivity index (χ2v) is 7.77.